The van der Waals surface area contributed by atoms with Gasteiger partial charge < -0.3 is 15.0 Å². The number of carbonyl (C=O) groups is 1. The third kappa shape index (κ3) is 4.28. The van der Waals surface area contributed by atoms with Gasteiger partial charge in [-0.3, -0.25) is 0 Å². The Bertz CT molecular complexity index is 473. The highest BCUT2D eigenvalue weighted by Gasteiger charge is 2.19. The molecule has 0 heterocycles. The molecule has 5 heteroatoms. The zero-order chi connectivity index (χ0) is 15.3. The lowest BCUT2D eigenvalue weighted by Crippen LogP contribution is -2.46. The second-order valence-corrected chi connectivity index (χ2v) is 5.62. The van der Waals surface area contributed by atoms with Gasteiger partial charge >= 0.3 is 5.97 Å². The van der Waals surface area contributed by atoms with Crippen molar-refractivity contribution in [1.29, 1.82) is 0 Å². The Kier molecular flexibility index (Phi) is 5.65. The predicted molar refractivity (Wildman–Crippen MR) is 77.2 cm³/mol. The van der Waals surface area contributed by atoms with Crippen LogP contribution in [0.1, 0.15) is 29.8 Å². The van der Waals surface area contributed by atoms with Crippen molar-refractivity contribution in [2.45, 2.75) is 25.9 Å². The van der Waals surface area contributed by atoms with Crippen molar-refractivity contribution in [3.63, 3.8) is 0 Å². The summed E-state index contributed by atoms with van der Waals surface area (Å²) in [4.78, 5) is 13.4. The van der Waals surface area contributed by atoms with Gasteiger partial charge in [0.1, 0.15) is 5.82 Å². The molecular formula is C15H23FN2O2. The first kappa shape index (κ1) is 16.6. The number of nitrogens with zero attached hydrogens (tertiary/aromatic N) is 1. The number of benzene rings is 1. The molecule has 0 unspecified atom stereocenters. The van der Waals surface area contributed by atoms with Gasteiger partial charge in [0.05, 0.1) is 12.7 Å². The highest BCUT2D eigenvalue weighted by Crippen LogP contribution is 2.12. The summed E-state index contributed by atoms with van der Waals surface area (Å²) in [5.41, 5.74) is 0.777. The van der Waals surface area contributed by atoms with E-state index in [1.54, 1.807) is 6.07 Å². The van der Waals surface area contributed by atoms with E-state index >= 15 is 0 Å². The molecule has 0 aliphatic heterocycles. The Labute approximate surface area is 119 Å². The molecule has 1 aromatic rings. The monoisotopic (exact) mass is 282 g/mol. The fourth-order valence-corrected chi connectivity index (χ4v) is 1.61. The lowest BCUT2D eigenvalue weighted by Gasteiger charge is -2.32. The third-order valence-electron chi connectivity index (χ3n) is 3.54. The highest BCUT2D eigenvalue weighted by atomic mass is 19.1. The van der Waals surface area contributed by atoms with Gasteiger partial charge in [-0.1, -0.05) is 6.07 Å². The molecule has 0 saturated carbocycles. The minimum atomic E-state index is -0.657. The summed E-state index contributed by atoms with van der Waals surface area (Å²) < 4.78 is 18.2. The third-order valence-corrected chi connectivity index (χ3v) is 3.54. The molecular weight excluding hydrogens is 259 g/mol. The summed E-state index contributed by atoms with van der Waals surface area (Å²) in [6.07, 6.45) is 0. The summed E-state index contributed by atoms with van der Waals surface area (Å²) in [7, 11) is 5.28. The molecule has 1 N–H and O–H groups in total. The number of rotatable bonds is 6. The van der Waals surface area contributed by atoms with Crippen LogP contribution in [-0.2, 0) is 11.3 Å². The number of hydrogen-bond donors (Lipinski definition) is 1. The number of carbonyl (C=O) groups excluding carboxylic acids is 1. The molecule has 0 aromatic heterocycles. The number of halogens is 1. The molecule has 0 amide bonds. The average molecular weight is 282 g/mol. The van der Waals surface area contributed by atoms with Crippen LogP contribution in [0.15, 0.2) is 18.2 Å². The fraction of sp³-hybridized carbons (Fsp3) is 0.533. The van der Waals surface area contributed by atoms with Gasteiger partial charge in [-0.25, -0.2) is 9.18 Å². The SMILES string of the molecule is COC(=O)c1ccc(CNCC(C)(C)N(C)C)cc1F. The van der Waals surface area contributed by atoms with Crippen LogP contribution in [0.2, 0.25) is 0 Å². The maximum absolute atomic E-state index is 13.7. The maximum atomic E-state index is 13.7. The Morgan fingerprint density at radius 1 is 1.40 bits per heavy atom. The smallest absolute Gasteiger partial charge is 0.340 e. The highest BCUT2D eigenvalue weighted by molar-refractivity contribution is 5.89. The Balaban J connectivity index is 2.62. The first-order valence-electron chi connectivity index (χ1n) is 6.53. The average Bonchev–Trinajstić information content (AvgIpc) is 2.37. The van der Waals surface area contributed by atoms with Crippen molar-refractivity contribution in [3.8, 4) is 0 Å². The molecule has 20 heavy (non-hydrogen) atoms. The molecule has 0 atom stereocenters. The van der Waals surface area contributed by atoms with Gasteiger partial charge in [0.15, 0.2) is 0 Å². The molecule has 1 rings (SSSR count). The molecule has 0 fully saturated rings. The molecule has 0 radical (unpaired) electrons. The van der Waals surface area contributed by atoms with E-state index in [0.29, 0.717) is 6.54 Å². The van der Waals surface area contributed by atoms with E-state index in [2.05, 4.69) is 28.8 Å². The molecule has 0 saturated heterocycles. The van der Waals surface area contributed by atoms with E-state index in [9.17, 15) is 9.18 Å². The first-order chi connectivity index (χ1) is 9.27. The van der Waals surface area contributed by atoms with Crippen LogP contribution in [0.4, 0.5) is 4.39 Å². The van der Waals surface area contributed by atoms with Crippen molar-refractivity contribution in [1.82, 2.24) is 10.2 Å². The number of esters is 1. The molecule has 1 aromatic carbocycles. The quantitative estimate of drug-likeness (QED) is 0.811. The van der Waals surface area contributed by atoms with Crippen LogP contribution in [0, 0.1) is 5.82 Å². The molecule has 4 nitrogen and oxygen atoms in total. The molecule has 0 aliphatic carbocycles. The fourth-order valence-electron chi connectivity index (χ4n) is 1.61. The minimum Gasteiger partial charge on any atom is -0.465 e. The van der Waals surface area contributed by atoms with Crippen LogP contribution in [0.3, 0.4) is 0 Å². The summed E-state index contributed by atoms with van der Waals surface area (Å²) in [6.45, 7) is 5.58. The van der Waals surface area contributed by atoms with Crippen LogP contribution in [0.25, 0.3) is 0 Å². The van der Waals surface area contributed by atoms with Crippen molar-refractivity contribution < 1.29 is 13.9 Å². The molecule has 0 spiro atoms. The van der Waals surface area contributed by atoms with E-state index in [0.717, 1.165) is 12.1 Å². The van der Waals surface area contributed by atoms with E-state index in [-0.39, 0.29) is 11.1 Å². The number of hydrogen-bond acceptors (Lipinski definition) is 4. The second-order valence-electron chi connectivity index (χ2n) is 5.62. The maximum Gasteiger partial charge on any atom is 0.340 e. The molecule has 0 bridgehead atoms. The minimum absolute atomic E-state index is 0.0184. The van der Waals surface area contributed by atoms with Crippen LogP contribution < -0.4 is 5.32 Å². The topological polar surface area (TPSA) is 41.6 Å². The number of likely N-dealkylation sites (N-methyl/N-ethyl adjacent to an activating group) is 1. The van der Waals surface area contributed by atoms with E-state index in [4.69, 9.17) is 0 Å². The van der Waals surface area contributed by atoms with Gasteiger partial charge in [-0.15, -0.1) is 0 Å². The Hall–Kier alpha value is -1.46. The lowest BCUT2D eigenvalue weighted by molar-refractivity contribution is 0.0595. The lowest BCUT2D eigenvalue weighted by atomic mass is 10.0. The van der Waals surface area contributed by atoms with Crippen molar-refractivity contribution in [2.24, 2.45) is 0 Å². The summed E-state index contributed by atoms with van der Waals surface area (Å²) >= 11 is 0. The Morgan fingerprint density at radius 3 is 2.55 bits per heavy atom. The standard InChI is InChI=1S/C15H23FN2O2/c1-15(2,18(3)4)10-17-9-11-6-7-12(13(16)8-11)14(19)20-5/h6-8,17H,9-10H2,1-5H3. The van der Waals surface area contributed by atoms with Crippen molar-refractivity contribution >= 4 is 5.97 Å². The van der Waals surface area contributed by atoms with Crippen molar-refractivity contribution in [3.05, 3.63) is 35.1 Å². The van der Waals surface area contributed by atoms with Gasteiger partial charge in [0.25, 0.3) is 0 Å². The predicted octanol–water partition coefficient (Wildman–Crippen LogP) is 2.04. The van der Waals surface area contributed by atoms with Gasteiger partial charge in [0, 0.05) is 18.6 Å². The summed E-state index contributed by atoms with van der Waals surface area (Å²) in [6, 6.07) is 4.54. The Morgan fingerprint density at radius 2 is 2.05 bits per heavy atom. The van der Waals surface area contributed by atoms with Gasteiger partial charge in [0.2, 0.25) is 0 Å². The summed E-state index contributed by atoms with van der Waals surface area (Å²) in [5.74, 6) is -1.21. The first-order valence-corrected chi connectivity index (χ1v) is 6.53. The van der Waals surface area contributed by atoms with Crippen LogP contribution >= 0.6 is 0 Å². The second kappa shape index (κ2) is 6.81. The zero-order valence-electron chi connectivity index (χ0n) is 12.8. The molecule has 112 valence electrons. The van der Waals surface area contributed by atoms with Crippen LogP contribution in [0.5, 0.6) is 0 Å². The van der Waals surface area contributed by atoms with Gasteiger partial charge in [-0.2, -0.15) is 0 Å². The summed E-state index contributed by atoms with van der Waals surface area (Å²) in [5, 5.41) is 3.29. The van der Waals surface area contributed by atoms with Crippen molar-refractivity contribution in [2.75, 3.05) is 27.7 Å². The van der Waals surface area contributed by atoms with E-state index in [1.165, 1.54) is 19.2 Å². The number of methoxy groups -OCH3 is 1. The largest absolute Gasteiger partial charge is 0.465 e. The molecule has 0 aliphatic rings. The normalized spacial score (nSPS) is 11.8. The number of ether oxygens (including phenoxy) is 1. The van der Waals surface area contributed by atoms with Crippen LogP contribution in [-0.4, -0.2) is 44.2 Å². The zero-order valence-corrected chi connectivity index (χ0v) is 12.8. The number of nitrogens with one attached hydrogen (secondary N) is 1. The van der Waals surface area contributed by atoms with E-state index < -0.39 is 11.8 Å². The van der Waals surface area contributed by atoms with E-state index in [1.807, 2.05) is 14.1 Å². The van der Waals surface area contributed by atoms with Gasteiger partial charge in [-0.05, 0) is 45.6 Å².